The van der Waals surface area contributed by atoms with Crippen molar-refractivity contribution in [1.82, 2.24) is 5.32 Å². The second kappa shape index (κ2) is 6.66. The van der Waals surface area contributed by atoms with E-state index < -0.39 is 0 Å². The number of ether oxygens (including phenoxy) is 1. The monoisotopic (exact) mass is 316 g/mol. The molecule has 2 rings (SSSR count). The Morgan fingerprint density at radius 3 is 2.90 bits per heavy atom. The minimum absolute atomic E-state index is 0.197. The summed E-state index contributed by atoms with van der Waals surface area (Å²) in [7, 11) is 0. The van der Waals surface area contributed by atoms with Crippen LogP contribution in [0.1, 0.15) is 30.1 Å². The summed E-state index contributed by atoms with van der Waals surface area (Å²) in [6.07, 6.45) is 2.16. The van der Waals surface area contributed by atoms with Gasteiger partial charge in [-0.05, 0) is 25.0 Å². The van der Waals surface area contributed by atoms with E-state index in [1.54, 1.807) is 0 Å². The molecule has 1 aliphatic rings. The van der Waals surface area contributed by atoms with Crippen LogP contribution in [0.5, 0.6) is 0 Å². The predicted octanol–water partition coefficient (Wildman–Crippen LogP) is 3.12. The lowest BCUT2D eigenvalue weighted by Gasteiger charge is -2.17. The molecule has 1 aliphatic heterocycles. The number of halogens is 2. The third-order valence-corrected chi connectivity index (χ3v) is 4.41. The highest BCUT2D eigenvalue weighted by Crippen LogP contribution is 2.29. The molecule has 1 saturated heterocycles. The molecule has 1 heterocycles. The number of amides is 1. The zero-order chi connectivity index (χ0) is 14.7. The van der Waals surface area contributed by atoms with Crippen LogP contribution < -0.4 is 11.1 Å². The van der Waals surface area contributed by atoms with Crippen LogP contribution in [0.2, 0.25) is 10.0 Å². The number of carbonyl (C=O) groups is 1. The van der Waals surface area contributed by atoms with Crippen LogP contribution in [0.15, 0.2) is 12.1 Å². The van der Waals surface area contributed by atoms with Crippen LogP contribution in [-0.4, -0.2) is 25.2 Å². The predicted molar refractivity (Wildman–Crippen MR) is 81.3 cm³/mol. The van der Waals surface area contributed by atoms with Crippen LogP contribution in [0.4, 0.5) is 5.69 Å². The van der Waals surface area contributed by atoms with Crippen molar-refractivity contribution in [2.75, 3.05) is 18.9 Å². The molecule has 1 aromatic carbocycles. The largest absolute Gasteiger partial charge is 0.397 e. The zero-order valence-corrected chi connectivity index (χ0v) is 12.8. The fraction of sp³-hybridized carbons (Fsp3) is 0.500. The zero-order valence-electron chi connectivity index (χ0n) is 11.3. The van der Waals surface area contributed by atoms with Gasteiger partial charge in [0.1, 0.15) is 0 Å². The SMILES string of the molecule is CCC1OCCC1CNC(=O)c1cc(N)c(Cl)c(Cl)c1. The molecule has 2 unspecified atom stereocenters. The van der Waals surface area contributed by atoms with Gasteiger partial charge in [0.05, 0.1) is 21.8 Å². The van der Waals surface area contributed by atoms with Crippen molar-refractivity contribution in [3.05, 3.63) is 27.7 Å². The smallest absolute Gasteiger partial charge is 0.251 e. The van der Waals surface area contributed by atoms with Gasteiger partial charge in [0, 0.05) is 24.6 Å². The average Bonchev–Trinajstić information content (AvgIpc) is 2.89. The van der Waals surface area contributed by atoms with Gasteiger partial charge in [0.2, 0.25) is 0 Å². The third-order valence-electron chi connectivity index (χ3n) is 3.59. The van der Waals surface area contributed by atoms with E-state index in [9.17, 15) is 4.79 Å². The average molecular weight is 317 g/mol. The fourth-order valence-corrected chi connectivity index (χ4v) is 2.78. The molecule has 0 saturated carbocycles. The summed E-state index contributed by atoms with van der Waals surface area (Å²) < 4.78 is 5.60. The number of anilines is 1. The molecule has 2 atom stereocenters. The minimum atomic E-state index is -0.197. The Labute approximate surface area is 128 Å². The van der Waals surface area contributed by atoms with Crippen molar-refractivity contribution in [1.29, 1.82) is 0 Å². The molecule has 1 amide bonds. The summed E-state index contributed by atoms with van der Waals surface area (Å²) in [5.41, 5.74) is 6.43. The second-order valence-corrected chi connectivity index (χ2v) is 5.72. The molecule has 20 heavy (non-hydrogen) atoms. The number of hydrogen-bond acceptors (Lipinski definition) is 3. The lowest BCUT2D eigenvalue weighted by atomic mass is 9.99. The maximum atomic E-state index is 12.1. The first-order chi connectivity index (χ1) is 9.52. The van der Waals surface area contributed by atoms with Gasteiger partial charge in [0.25, 0.3) is 5.91 Å². The molecule has 110 valence electrons. The number of hydrogen-bond donors (Lipinski definition) is 2. The van der Waals surface area contributed by atoms with E-state index in [-0.39, 0.29) is 22.1 Å². The van der Waals surface area contributed by atoms with Crippen molar-refractivity contribution >= 4 is 34.8 Å². The Balaban J connectivity index is 1.98. The molecule has 3 N–H and O–H groups in total. The Hall–Kier alpha value is -0.970. The number of carbonyl (C=O) groups excluding carboxylic acids is 1. The maximum Gasteiger partial charge on any atom is 0.251 e. The molecule has 1 aromatic rings. The van der Waals surface area contributed by atoms with E-state index in [2.05, 4.69) is 12.2 Å². The fourth-order valence-electron chi connectivity index (χ4n) is 2.44. The first kappa shape index (κ1) is 15.4. The summed E-state index contributed by atoms with van der Waals surface area (Å²) in [6, 6.07) is 3.06. The van der Waals surface area contributed by atoms with Gasteiger partial charge in [-0.15, -0.1) is 0 Å². The highest BCUT2D eigenvalue weighted by molar-refractivity contribution is 6.43. The van der Waals surface area contributed by atoms with E-state index in [1.807, 2.05) is 0 Å². The molecule has 6 heteroatoms. The van der Waals surface area contributed by atoms with Gasteiger partial charge >= 0.3 is 0 Å². The van der Waals surface area contributed by atoms with E-state index in [1.165, 1.54) is 12.1 Å². The maximum absolute atomic E-state index is 12.1. The summed E-state index contributed by atoms with van der Waals surface area (Å²) >= 11 is 11.8. The van der Waals surface area contributed by atoms with Crippen LogP contribution in [0.3, 0.4) is 0 Å². The Morgan fingerprint density at radius 2 is 2.25 bits per heavy atom. The van der Waals surface area contributed by atoms with Crippen LogP contribution in [-0.2, 0) is 4.74 Å². The molecule has 0 aliphatic carbocycles. The van der Waals surface area contributed by atoms with E-state index in [0.717, 1.165) is 19.4 Å². The highest BCUT2D eigenvalue weighted by Gasteiger charge is 2.27. The molecule has 1 fully saturated rings. The Morgan fingerprint density at radius 1 is 1.50 bits per heavy atom. The minimum Gasteiger partial charge on any atom is -0.397 e. The van der Waals surface area contributed by atoms with E-state index in [4.69, 9.17) is 33.7 Å². The van der Waals surface area contributed by atoms with Gasteiger partial charge in [-0.1, -0.05) is 30.1 Å². The number of rotatable bonds is 4. The summed E-state index contributed by atoms with van der Waals surface area (Å²) in [5, 5.41) is 3.46. The quantitative estimate of drug-likeness (QED) is 0.839. The normalized spacial score (nSPS) is 21.9. The molecule has 0 aromatic heterocycles. The Bertz CT molecular complexity index is 485. The first-order valence-corrected chi connectivity index (χ1v) is 7.42. The van der Waals surface area contributed by atoms with Crippen LogP contribution >= 0.6 is 23.2 Å². The van der Waals surface area contributed by atoms with E-state index in [0.29, 0.717) is 23.7 Å². The number of nitrogens with one attached hydrogen (secondary N) is 1. The van der Waals surface area contributed by atoms with Gasteiger partial charge < -0.3 is 15.8 Å². The van der Waals surface area contributed by atoms with Crippen molar-refractivity contribution < 1.29 is 9.53 Å². The van der Waals surface area contributed by atoms with Crippen molar-refractivity contribution in [3.63, 3.8) is 0 Å². The Kier molecular flexibility index (Phi) is 5.13. The summed E-state index contributed by atoms with van der Waals surface area (Å²) in [4.78, 5) is 12.1. The third kappa shape index (κ3) is 3.37. The standard InChI is InChI=1S/C14H18Cl2N2O2/c1-2-12-8(3-4-20-12)7-18-14(19)9-5-10(15)13(16)11(17)6-9/h5-6,8,12H,2-4,7,17H2,1H3,(H,18,19). The molecule has 0 bridgehead atoms. The van der Waals surface area contributed by atoms with Gasteiger partial charge in [0.15, 0.2) is 0 Å². The lowest BCUT2D eigenvalue weighted by molar-refractivity contribution is 0.0827. The summed E-state index contributed by atoms with van der Waals surface area (Å²) in [5.74, 6) is 0.168. The lowest BCUT2D eigenvalue weighted by Crippen LogP contribution is -2.32. The van der Waals surface area contributed by atoms with Gasteiger partial charge in [-0.2, -0.15) is 0 Å². The van der Waals surface area contributed by atoms with Crippen molar-refractivity contribution in [2.45, 2.75) is 25.9 Å². The molecular weight excluding hydrogens is 299 g/mol. The molecule has 0 radical (unpaired) electrons. The number of nitrogens with two attached hydrogens (primary N) is 1. The molecular formula is C14H18Cl2N2O2. The molecule has 0 spiro atoms. The van der Waals surface area contributed by atoms with Gasteiger partial charge in [-0.25, -0.2) is 0 Å². The topological polar surface area (TPSA) is 64.3 Å². The van der Waals surface area contributed by atoms with Crippen molar-refractivity contribution in [2.24, 2.45) is 5.92 Å². The first-order valence-electron chi connectivity index (χ1n) is 6.67. The number of benzene rings is 1. The summed E-state index contributed by atoms with van der Waals surface area (Å²) in [6.45, 7) is 3.45. The molecule has 4 nitrogen and oxygen atoms in total. The highest BCUT2D eigenvalue weighted by atomic mass is 35.5. The van der Waals surface area contributed by atoms with Gasteiger partial charge in [-0.3, -0.25) is 4.79 Å². The van der Waals surface area contributed by atoms with E-state index >= 15 is 0 Å². The van der Waals surface area contributed by atoms with Crippen LogP contribution in [0, 0.1) is 5.92 Å². The van der Waals surface area contributed by atoms with Crippen LogP contribution in [0.25, 0.3) is 0 Å². The second-order valence-electron chi connectivity index (χ2n) is 4.94. The number of nitrogen functional groups attached to an aromatic ring is 1. The van der Waals surface area contributed by atoms with Crippen molar-refractivity contribution in [3.8, 4) is 0 Å².